The Labute approximate surface area is 171 Å². The molecule has 0 radical (unpaired) electrons. The van der Waals surface area contributed by atoms with Gasteiger partial charge in [-0.3, -0.25) is 0 Å². The maximum Gasteiger partial charge on any atom is 0.119 e. The van der Waals surface area contributed by atoms with E-state index in [0.29, 0.717) is 5.02 Å². The predicted octanol–water partition coefficient (Wildman–Crippen LogP) is 5.73. The largest absolute Gasteiger partial charge is 0.497 e. The molecule has 0 aliphatic heterocycles. The van der Waals surface area contributed by atoms with E-state index < -0.39 is 0 Å². The summed E-state index contributed by atoms with van der Waals surface area (Å²) in [6, 6.07) is 12.7. The van der Waals surface area contributed by atoms with Crippen LogP contribution >= 0.6 is 11.6 Å². The minimum Gasteiger partial charge on any atom is -0.497 e. The van der Waals surface area contributed by atoms with E-state index in [0.717, 1.165) is 58.8 Å². The molecule has 4 rings (SSSR count). The number of halogens is 1. The zero-order valence-electron chi connectivity index (χ0n) is 16.7. The van der Waals surface area contributed by atoms with Crippen molar-refractivity contribution in [2.45, 2.75) is 38.1 Å². The van der Waals surface area contributed by atoms with Gasteiger partial charge in [0.25, 0.3) is 0 Å². The smallest absolute Gasteiger partial charge is 0.119 e. The lowest BCUT2D eigenvalue weighted by molar-refractivity contribution is 0.245. The highest BCUT2D eigenvalue weighted by molar-refractivity contribution is 6.31. The van der Waals surface area contributed by atoms with Gasteiger partial charge < -0.3 is 15.0 Å². The summed E-state index contributed by atoms with van der Waals surface area (Å²) in [5.74, 6) is 0.839. The second kappa shape index (κ2) is 8.54. The second-order valence-electron chi connectivity index (χ2n) is 7.73. The van der Waals surface area contributed by atoms with Crippen LogP contribution in [0.25, 0.3) is 21.8 Å². The Balaban J connectivity index is 1.57. The molecule has 0 bridgehead atoms. The van der Waals surface area contributed by atoms with Crippen LogP contribution in [0.1, 0.15) is 32.1 Å². The molecule has 1 aromatic heterocycles. The first-order valence-corrected chi connectivity index (χ1v) is 10.5. The standard InChI is InChI=1S/C23H28ClN3O/c1-27(17-6-3-4-7-17)13-5-12-25-23-19-10-8-16(24)14-22(19)26-21-11-9-18(28-2)15-20(21)23/h8-11,14-15,17H,3-7,12-13H2,1-2H3,(H,25,26). The first-order valence-electron chi connectivity index (χ1n) is 10.2. The van der Waals surface area contributed by atoms with Crippen molar-refractivity contribution in [3.8, 4) is 5.75 Å². The van der Waals surface area contributed by atoms with E-state index >= 15 is 0 Å². The molecule has 0 amide bonds. The van der Waals surface area contributed by atoms with Crippen molar-refractivity contribution in [2.24, 2.45) is 0 Å². The molecule has 5 heteroatoms. The molecule has 1 aliphatic carbocycles. The molecular formula is C23H28ClN3O. The number of rotatable bonds is 7. The third-order valence-corrected chi connectivity index (χ3v) is 6.12. The summed E-state index contributed by atoms with van der Waals surface area (Å²) in [6.07, 6.45) is 6.57. The quantitative estimate of drug-likeness (QED) is 0.408. The number of hydrogen-bond acceptors (Lipinski definition) is 4. The molecule has 2 aromatic carbocycles. The van der Waals surface area contributed by atoms with Gasteiger partial charge >= 0.3 is 0 Å². The Kier molecular flexibility index (Phi) is 5.88. The molecule has 1 aliphatic rings. The van der Waals surface area contributed by atoms with E-state index in [-0.39, 0.29) is 0 Å². The predicted molar refractivity (Wildman–Crippen MR) is 119 cm³/mol. The van der Waals surface area contributed by atoms with Gasteiger partial charge in [0.05, 0.1) is 23.8 Å². The summed E-state index contributed by atoms with van der Waals surface area (Å²) in [5, 5.41) is 6.56. The van der Waals surface area contributed by atoms with Crippen LogP contribution in [-0.4, -0.2) is 43.2 Å². The van der Waals surface area contributed by atoms with Gasteiger partial charge in [-0.05, 0) is 69.3 Å². The molecule has 1 fully saturated rings. The van der Waals surface area contributed by atoms with Crippen molar-refractivity contribution in [2.75, 3.05) is 32.6 Å². The van der Waals surface area contributed by atoms with Crippen LogP contribution in [0.15, 0.2) is 36.4 Å². The molecule has 1 heterocycles. The van der Waals surface area contributed by atoms with Gasteiger partial charge in [-0.25, -0.2) is 4.98 Å². The molecule has 0 unspecified atom stereocenters. The van der Waals surface area contributed by atoms with Crippen molar-refractivity contribution >= 4 is 39.1 Å². The van der Waals surface area contributed by atoms with Crippen LogP contribution < -0.4 is 10.1 Å². The van der Waals surface area contributed by atoms with Gasteiger partial charge in [0, 0.05) is 28.4 Å². The number of nitrogens with zero attached hydrogens (tertiary/aromatic N) is 2. The van der Waals surface area contributed by atoms with Gasteiger partial charge in [0.15, 0.2) is 0 Å². The van der Waals surface area contributed by atoms with Gasteiger partial charge in [-0.1, -0.05) is 24.4 Å². The minimum absolute atomic E-state index is 0.706. The fraction of sp³-hybridized carbons (Fsp3) is 0.435. The van der Waals surface area contributed by atoms with Gasteiger partial charge in [0.1, 0.15) is 5.75 Å². The number of methoxy groups -OCH3 is 1. The maximum absolute atomic E-state index is 6.21. The summed E-state index contributed by atoms with van der Waals surface area (Å²) in [6.45, 7) is 2.04. The van der Waals surface area contributed by atoms with Crippen molar-refractivity contribution in [3.05, 3.63) is 41.4 Å². The topological polar surface area (TPSA) is 37.4 Å². The van der Waals surface area contributed by atoms with E-state index in [1.54, 1.807) is 7.11 Å². The fourth-order valence-electron chi connectivity index (χ4n) is 4.28. The van der Waals surface area contributed by atoms with E-state index in [1.165, 1.54) is 25.7 Å². The first-order chi connectivity index (χ1) is 13.7. The molecule has 148 valence electrons. The molecular weight excluding hydrogens is 370 g/mol. The normalized spacial score (nSPS) is 15.0. The highest BCUT2D eigenvalue weighted by Gasteiger charge is 2.18. The van der Waals surface area contributed by atoms with Gasteiger partial charge in [-0.15, -0.1) is 0 Å². The molecule has 28 heavy (non-hydrogen) atoms. The maximum atomic E-state index is 6.21. The lowest BCUT2D eigenvalue weighted by Crippen LogP contribution is -2.30. The number of pyridine rings is 1. The average Bonchev–Trinajstić information content (AvgIpc) is 3.24. The number of hydrogen-bond donors (Lipinski definition) is 1. The summed E-state index contributed by atoms with van der Waals surface area (Å²) in [7, 11) is 3.96. The van der Waals surface area contributed by atoms with E-state index in [1.807, 2.05) is 24.3 Å². The number of fused-ring (bicyclic) bond motifs is 2. The van der Waals surface area contributed by atoms with E-state index in [4.69, 9.17) is 21.3 Å². The van der Waals surface area contributed by atoms with Crippen LogP contribution in [0, 0.1) is 0 Å². The highest BCUT2D eigenvalue weighted by Crippen LogP contribution is 2.34. The molecule has 0 saturated heterocycles. The number of ether oxygens (including phenoxy) is 1. The summed E-state index contributed by atoms with van der Waals surface area (Å²) in [5.41, 5.74) is 2.97. The lowest BCUT2D eigenvalue weighted by atomic mass is 10.1. The Morgan fingerprint density at radius 2 is 1.93 bits per heavy atom. The van der Waals surface area contributed by atoms with E-state index in [9.17, 15) is 0 Å². The monoisotopic (exact) mass is 397 g/mol. The van der Waals surface area contributed by atoms with Crippen LogP contribution in [0.3, 0.4) is 0 Å². The second-order valence-corrected chi connectivity index (χ2v) is 8.17. The van der Waals surface area contributed by atoms with Crippen LogP contribution in [0.5, 0.6) is 5.75 Å². The van der Waals surface area contributed by atoms with Crippen LogP contribution in [0.2, 0.25) is 5.02 Å². The number of nitrogens with one attached hydrogen (secondary N) is 1. The van der Waals surface area contributed by atoms with Gasteiger partial charge in [-0.2, -0.15) is 0 Å². The average molecular weight is 398 g/mol. The molecule has 4 nitrogen and oxygen atoms in total. The molecule has 0 atom stereocenters. The van der Waals surface area contributed by atoms with Crippen molar-refractivity contribution in [1.29, 1.82) is 0 Å². The lowest BCUT2D eigenvalue weighted by Gasteiger charge is -2.24. The third kappa shape index (κ3) is 4.03. The Morgan fingerprint density at radius 1 is 1.11 bits per heavy atom. The van der Waals surface area contributed by atoms with Crippen LogP contribution in [-0.2, 0) is 0 Å². The van der Waals surface area contributed by atoms with E-state index in [2.05, 4.69) is 29.4 Å². The number of benzene rings is 2. The summed E-state index contributed by atoms with van der Waals surface area (Å²) < 4.78 is 5.44. The number of aromatic nitrogens is 1. The Bertz CT molecular complexity index is 969. The first kappa shape index (κ1) is 19.3. The highest BCUT2D eigenvalue weighted by atomic mass is 35.5. The molecule has 1 saturated carbocycles. The Morgan fingerprint density at radius 3 is 2.71 bits per heavy atom. The Hall–Kier alpha value is -2.04. The van der Waals surface area contributed by atoms with Crippen LogP contribution in [0.4, 0.5) is 5.69 Å². The minimum atomic E-state index is 0.706. The number of anilines is 1. The van der Waals surface area contributed by atoms with Crippen molar-refractivity contribution < 1.29 is 4.74 Å². The molecule has 0 spiro atoms. The summed E-state index contributed by atoms with van der Waals surface area (Å²) in [4.78, 5) is 7.32. The van der Waals surface area contributed by atoms with Crippen molar-refractivity contribution in [1.82, 2.24) is 9.88 Å². The molecule has 1 N–H and O–H groups in total. The fourth-order valence-corrected chi connectivity index (χ4v) is 4.45. The molecule has 3 aromatic rings. The van der Waals surface area contributed by atoms with Gasteiger partial charge in [0.2, 0.25) is 0 Å². The zero-order valence-corrected chi connectivity index (χ0v) is 17.4. The SMILES string of the molecule is COc1ccc2nc3cc(Cl)ccc3c(NCCCN(C)C3CCCC3)c2c1. The zero-order chi connectivity index (χ0) is 19.5. The van der Waals surface area contributed by atoms with Crippen molar-refractivity contribution in [3.63, 3.8) is 0 Å². The third-order valence-electron chi connectivity index (χ3n) is 5.88. The summed E-state index contributed by atoms with van der Waals surface area (Å²) >= 11 is 6.21.